The summed E-state index contributed by atoms with van der Waals surface area (Å²) in [5, 5.41) is 13.5. The topological polar surface area (TPSA) is 55.2 Å². The average Bonchev–Trinajstić information content (AvgIpc) is 2.67. The van der Waals surface area contributed by atoms with Crippen molar-refractivity contribution in [3.8, 4) is 0 Å². The van der Waals surface area contributed by atoms with Crippen LogP contribution in [0.3, 0.4) is 0 Å². The van der Waals surface area contributed by atoms with E-state index in [4.69, 9.17) is 0 Å². The Morgan fingerprint density at radius 2 is 2.11 bits per heavy atom. The third-order valence-electron chi connectivity index (χ3n) is 2.83. The number of hydrogen-bond acceptors (Lipinski definition) is 4. The van der Waals surface area contributed by atoms with Crippen LogP contribution in [0.4, 0.5) is 15.8 Å². The summed E-state index contributed by atoms with van der Waals surface area (Å²) >= 11 is 1.65. The minimum absolute atomic E-state index is 0.245. The van der Waals surface area contributed by atoms with E-state index >= 15 is 0 Å². The van der Waals surface area contributed by atoms with Gasteiger partial charge >= 0.3 is 0 Å². The summed E-state index contributed by atoms with van der Waals surface area (Å²) < 4.78 is 13.6. The molecular formula is C13H13FN2O2S. The maximum Gasteiger partial charge on any atom is 0.272 e. The number of thiophene rings is 1. The summed E-state index contributed by atoms with van der Waals surface area (Å²) in [5.41, 5.74) is 1.24. The minimum Gasteiger partial charge on any atom is -0.378 e. The Hall–Kier alpha value is -1.95. The second-order valence-corrected chi connectivity index (χ2v) is 5.57. The van der Waals surface area contributed by atoms with Crippen molar-refractivity contribution >= 4 is 22.7 Å². The third kappa shape index (κ3) is 3.08. The SMILES string of the molecule is Cc1cc(CNc2ccc([N+](=O)[O-])cc2F)sc1C. The molecule has 0 radical (unpaired) electrons. The summed E-state index contributed by atoms with van der Waals surface area (Å²) in [4.78, 5) is 12.2. The number of rotatable bonds is 4. The zero-order chi connectivity index (χ0) is 14.0. The molecule has 0 spiro atoms. The lowest BCUT2D eigenvalue weighted by Gasteiger charge is -2.05. The highest BCUT2D eigenvalue weighted by Crippen LogP contribution is 2.24. The molecule has 1 heterocycles. The number of hydrogen-bond donors (Lipinski definition) is 1. The summed E-state index contributed by atoms with van der Waals surface area (Å²) in [7, 11) is 0. The van der Waals surface area contributed by atoms with Gasteiger partial charge in [0, 0.05) is 22.4 Å². The lowest BCUT2D eigenvalue weighted by molar-refractivity contribution is -0.385. The molecule has 1 aromatic heterocycles. The van der Waals surface area contributed by atoms with Crippen LogP contribution in [-0.4, -0.2) is 4.92 Å². The summed E-state index contributed by atoms with van der Waals surface area (Å²) in [5.74, 6) is -0.612. The van der Waals surface area contributed by atoms with Gasteiger partial charge in [0.05, 0.1) is 16.7 Å². The monoisotopic (exact) mass is 280 g/mol. The van der Waals surface area contributed by atoms with E-state index in [1.165, 1.54) is 22.6 Å². The Labute approximate surface area is 114 Å². The third-order valence-corrected chi connectivity index (χ3v) is 3.99. The Morgan fingerprint density at radius 1 is 1.37 bits per heavy atom. The normalized spacial score (nSPS) is 10.5. The van der Waals surface area contributed by atoms with Gasteiger partial charge in [-0.1, -0.05) is 0 Å². The molecule has 0 atom stereocenters. The summed E-state index contributed by atoms with van der Waals surface area (Å²) in [6, 6.07) is 5.65. The number of halogens is 1. The average molecular weight is 280 g/mol. The molecule has 1 aromatic carbocycles. The van der Waals surface area contributed by atoms with Gasteiger partial charge in [-0.3, -0.25) is 10.1 Å². The summed E-state index contributed by atoms with van der Waals surface area (Å²) in [6.07, 6.45) is 0. The highest BCUT2D eigenvalue weighted by atomic mass is 32.1. The second kappa shape index (κ2) is 5.36. The van der Waals surface area contributed by atoms with Crippen molar-refractivity contribution in [2.75, 3.05) is 5.32 Å². The van der Waals surface area contributed by atoms with Crippen LogP contribution in [0.1, 0.15) is 15.3 Å². The molecule has 0 aliphatic carbocycles. The molecule has 6 heteroatoms. The number of nitro groups is 1. The number of benzene rings is 1. The van der Waals surface area contributed by atoms with Gasteiger partial charge < -0.3 is 5.32 Å². The van der Waals surface area contributed by atoms with Gasteiger partial charge in [0.1, 0.15) is 0 Å². The molecule has 0 saturated carbocycles. The van der Waals surface area contributed by atoms with Crippen molar-refractivity contribution in [2.24, 2.45) is 0 Å². The van der Waals surface area contributed by atoms with Gasteiger partial charge in [0.15, 0.2) is 5.82 Å². The molecule has 0 amide bonds. The Morgan fingerprint density at radius 3 is 2.63 bits per heavy atom. The van der Waals surface area contributed by atoms with E-state index in [9.17, 15) is 14.5 Å². The van der Waals surface area contributed by atoms with Gasteiger partial charge in [-0.2, -0.15) is 0 Å². The van der Waals surface area contributed by atoms with Crippen LogP contribution >= 0.6 is 11.3 Å². The van der Waals surface area contributed by atoms with Crippen LogP contribution < -0.4 is 5.32 Å². The van der Waals surface area contributed by atoms with Crippen LogP contribution in [0, 0.1) is 29.8 Å². The van der Waals surface area contributed by atoms with Crippen LogP contribution in [0.5, 0.6) is 0 Å². The molecule has 0 fully saturated rings. The predicted octanol–water partition coefficient (Wildman–Crippen LogP) is 4.02. The fraction of sp³-hybridized carbons (Fsp3) is 0.231. The quantitative estimate of drug-likeness (QED) is 0.679. The summed E-state index contributed by atoms with van der Waals surface area (Å²) in [6.45, 7) is 4.58. The largest absolute Gasteiger partial charge is 0.378 e. The second-order valence-electron chi connectivity index (χ2n) is 4.23. The van der Waals surface area contributed by atoms with E-state index < -0.39 is 10.7 Å². The molecule has 0 bridgehead atoms. The lowest BCUT2D eigenvalue weighted by atomic mass is 10.2. The minimum atomic E-state index is -0.612. The van der Waals surface area contributed by atoms with Crippen molar-refractivity contribution < 1.29 is 9.31 Å². The maximum atomic E-state index is 13.6. The van der Waals surface area contributed by atoms with E-state index in [0.717, 1.165) is 10.9 Å². The van der Waals surface area contributed by atoms with Gasteiger partial charge in [-0.25, -0.2) is 4.39 Å². The van der Waals surface area contributed by atoms with Crippen molar-refractivity contribution in [1.29, 1.82) is 0 Å². The first-order valence-electron chi connectivity index (χ1n) is 5.71. The molecule has 2 aromatic rings. The molecule has 4 nitrogen and oxygen atoms in total. The standard InChI is InChI=1S/C13H13FN2O2S/c1-8-5-11(19-9(8)2)7-15-13-4-3-10(16(17)18)6-12(13)14/h3-6,15H,7H2,1-2H3. The number of nitrogens with zero attached hydrogens (tertiary/aromatic N) is 1. The highest BCUT2D eigenvalue weighted by Gasteiger charge is 2.10. The van der Waals surface area contributed by atoms with E-state index in [1.54, 1.807) is 11.3 Å². The number of anilines is 1. The molecule has 19 heavy (non-hydrogen) atoms. The Balaban J connectivity index is 2.09. The number of nitrogens with one attached hydrogen (secondary N) is 1. The number of aryl methyl sites for hydroxylation is 2. The Bertz CT molecular complexity index is 606. The molecule has 100 valence electrons. The van der Waals surface area contributed by atoms with Gasteiger partial charge in [-0.15, -0.1) is 11.3 Å². The van der Waals surface area contributed by atoms with Gasteiger partial charge in [0.25, 0.3) is 5.69 Å². The van der Waals surface area contributed by atoms with Crippen molar-refractivity contribution in [1.82, 2.24) is 0 Å². The number of nitro benzene ring substituents is 1. The van der Waals surface area contributed by atoms with E-state index in [0.29, 0.717) is 6.54 Å². The fourth-order valence-electron chi connectivity index (χ4n) is 1.68. The van der Waals surface area contributed by atoms with Crippen LogP contribution in [-0.2, 0) is 6.54 Å². The highest BCUT2D eigenvalue weighted by molar-refractivity contribution is 7.12. The van der Waals surface area contributed by atoms with Crippen molar-refractivity contribution in [3.63, 3.8) is 0 Å². The lowest BCUT2D eigenvalue weighted by Crippen LogP contribution is -2.00. The van der Waals surface area contributed by atoms with Crippen molar-refractivity contribution in [3.05, 3.63) is 55.5 Å². The zero-order valence-corrected chi connectivity index (χ0v) is 11.4. The molecule has 0 unspecified atom stereocenters. The van der Waals surface area contributed by atoms with E-state index in [1.807, 2.05) is 13.8 Å². The molecule has 1 N–H and O–H groups in total. The number of non-ortho nitro benzene ring substituents is 1. The van der Waals surface area contributed by atoms with Gasteiger partial charge in [0.2, 0.25) is 0 Å². The van der Waals surface area contributed by atoms with Crippen LogP contribution in [0.2, 0.25) is 0 Å². The van der Waals surface area contributed by atoms with E-state index in [2.05, 4.69) is 11.4 Å². The Kier molecular flexibility index (Phi) is 3.80. The van der Waals surface area contributed by atoms with Crippen molar-refractivity contribution in [2.45, 2.75) is 20.4 Å². The molecule has 0 saturated heterocycles. The smallest absolute Gasteiger partial charge is 0.272 e. The van der Waals surface area contributed by atoms with E-state index in [-0.39, 0.29) is 11.4 Å². The molecule has 0 aliphatic rings. The molecule has 0 aliphatic heterocycles. The maximum absolute atomic E-state index is 13.6. The van der Waals surface area contributed by atoms with Crippen LogP contribution in [0.15, 0.2) is 24.3 Å². The van der Waals surface area contributed by atoms with Gasteiger partial charge in [-0.05, 0) is 31.5 Å². The fourth-order valence-corrected chi connectivity index (χ4v) is 2.67. The zero-order valence-electron chi connectivity index (χ0n) is 10.6. The van der Waals surface area contributed by atoms with Crippen LogP contribution in [0.25, 0.3) is 0 Å². The molecule has 2 rings (SSSR count). The first-order chi connectivity index (χ1) is 8.97. The molecular weight excluding hydrogens is 267 g/mol. The first kappa shape index (κ1) is 13.5. The predicted molar refractivity (Wildman–Crippen MR) is 74.2 cm³/mol. The first-order valence-corrected chi connectivity index (χ1v) is 6.52.